The second-order valence-corrected chi connectivity index (χ2v) is 7.65. The lowest BCUT2D eigenvalue weighted by molar-refractivity contribution is 0.0705. The van der Waals surface area contributed by atoms with Crippen LogP contribution in [-0.4, -0.2) is 53.8 Å². The SMILES string of the molecule is Cc1oc(C2CCN(C(=O)c3cccc(Br)c3)CC2)nc1C(=O)N(C)C. The third kappa shape index (κ3) is 3.82. The molecule has 3 rings (SSSR count). The summed E-state index contributed by atoms with van der Waals surface area (Å²) in [5.41, 5.74) is 1.06. The number of benzene rings is 1. The van der Waals surface area contributed by atoms with E-state index >= 15 is 0 Å². The molecule has 0 spiro atoms. The van der Waals surface area contributed by atoms with E-state index in [-0.39, 0.29) is 17.7 Å². The Bertz CT molecular complexity index is 823. The molecule has 0 bridgehead atoms. The van der Waals surface area contributed by atoms with Crippen LogP contribution < -0.4 is 0 Å². The summed E-state index contributed by atoms with van der Waals surface area (Å²) in [4.78, 5) is 32.5. The predicted molar refractivity (Wildman–Crippen MR) is 101 cm³/mol. The van der Waals surface area contributed by atoms with Gasteiger partial charge in [0.15, 0.2) is 11.6 Å². The highest BCUT2D eigenvalue weighted by Gasteiger charge is 2.29. The van der Waals surface area contributed by atoms with Crippen LogP contribution >= 0.6 is 15.9 Å². The van der Waals surface area contributed by atoms with E-state index < -0.39 is 0 Å². The van der Waals surface area contributed by atoms with Crippen LogP contribution in [0.4, 0.5) is 0 Å². The van der Waals surface area contributed by atoms with E-state index in [9.17, 15) is 9.59 Å². The molecule has 138 valence electrons. The largest absolute Gasteiger partial charge is 0.445 e. The number of carbonyl (C=O) groups excluding carboxylic acids is 2. The first-order valence-corrected chi connectivity index (χ1v) is 9.40. The van der Waals surface area contributed by atoms with Gasteiger partial charge in [0.2, 0.25) is 0 Å². The molecule has 0 N–H and O–H groups in total. The minimum atomic E-state index is -0.153. The molecule has 7 heteroatoms. The van der Waals surface area contributed by atoms with Gasteiger partial charge in [0, 0.05) is 43.1 Å². The Morgan fingerprint density at radius 1 is 1.27 bits per heavy atom. The molecule has 2 aromatic rings. The van der Waals surface area contributed by atoms with Crippen molar-refractivity contribution in [2.75, 3.05) is 27.2 Å². The smallest absolute Gasteiger partial charge is 0.275 e. The summed E-state index contributed by atoms with van der Waals surface area (Å²) in [7, 11) is 3.39. The second-order valence-electron chi connectivity index (χ2n) is 6.73. The first-order valence-electron chi connectivity index (χ1n) is 8.60. The highest BCUT2D eigenvalue weighted by atomic mass is 79.9. The van der Waals surface area contributed by atoms with Gasteiger partial charge < -0.3 is 14.2 Å². The Hall–Kier alpha value is -2.15. The average Bonchev–Trinajstić information content (AvgIpc) is 3.02. The Morgan fingerprint density at radius 3 is 2.58 bits per heavy atom. The van der Waals surface area contributed by atoms with E-state index in [1.54, 1.807) is 21.0 Å². The zero-order valence-electron chi connectivity index (χ0n) is 15.2. The topological polar surface area (TPSA) is 66.7 Å². The predicted octanol–water partition coefficient (Wildman–Crippen LogP) is 3.47. The first-order chi connectivity index (χ1) is 12.4. The van der Waals surface area contributed by atoms with Crippen LogP contribution in [0.15, 0.2) is 33.2 Å². The van der Waals surface area contributed by atoms with Crippen LogP contribution in [0, 0.1) is 6.92 Å². The molecule has 26 heavy (non-hydrogen) atoms. The summed E-state index contributed by atoms with van der Waals surface area (Å²) in [6.07, 6.45) is 1.55. The maximum Gasteiger partial charge on any atom is 0.275 e. The lowest BCUT2D eigenvalue weighted by Gasteiger charge is -2.30. The van der Waals surface area contributed by atoms with Crippen LogP contribution in [0.1, 0.15) is 51.3 Å². The Morgan fingerprint density at radius 2 is 1.96 bits per heavy atom. The maximum absolute atomic E-state index is 12.6. The van der Waals surface area contributed by atoms with Gasteiger partial charge in [-0.05, 0) is 38.0 Å². The number of aromatic nitrogens is 1. The lowest BCUT2D eigenvalue weighted by atomic mass is 9.96. The molecule has 1 fully saturated rings. The molecule has 0 aliphatic carbocycles. The van der Waals surface area contributed by atoms with Crippen molar-refractivity contribution < 1.29 is 14.0 Å². The van der Waals surface area contributed by atoms with Gasteiger partial charge in [-0.2, -0.15) is 0 Å². The van der Waals surface area contributed by atoms with E-state index in [1.807, 2.05) is 29.2 Å². The molecule has 1 aromatic carbocycles. The lowest BCUT2D eigenvalue weighted by Crippen LogP contribution is -2.38. The molecule has 2 amide bonds. The van der Waals surface area contributed by atoms with E-state index in [0.717, 1.165) is 17.3 Å². The summed E-state index contributed by atoms with van der Waals surface area (Å²) in [5, 5.41) is 0. The number of piperidine rings is 1. The van der Waals surface area contributed by atoms with E-state index in [2.05, 4.69) is 20.9 Å². The summed E-state index contributed by atoms with van der Waals surface area (Å²) in [5.74, 6) is 1.16. The molecular weight excluding hydrogens is 398 g/mol. The fourth-order valence-electron chi connectivity index (χ4n) is 3.14. The van der Waals surface area contributed by atoms with Gasteiger partial charge in [0.05, 0.1) is 0 Å². The van der Waals surface area contributed by atoms with Gasteiger partial charge >= 0.3 is 0 Å². The number of oxazole rings is 1. The Kier molecular flexibility index (Phi) is 5.46. The maximum atomic E-state index is 12.6. The monoisotopic (exact) mass is 419 g/mol. The number of hydrogen-bond acceptors (Lipinski definition) is 4. The van der Waals surface area contributed by atoms with Gasteiger partial charge in [-0.3, -0.25) is 9.59 Å². The zero-order chi connectivity index (χ0) is 18.8. The zero-order valence-corrected chi connectivity index (χ0v) is 16.7. The fraction of sp³-hybridized carbons (Fsp3) is 0.421. The summed E-state index contributed by atoms with van der Waals surface area (Å²) in [6, 6.07) is 7.43. The van der Waals surface area contributed by atoms with Gasteiger partial charge in [-0.25, -0.2) is 4.98 Å². The van der Waals surface area contributed by atoms with Crippen LogP contribution in [0.25, 0.3) is 0 Å². The molecule has 0 radical (unpaired) electrons. The van der Waals surface area contributed by atoms with Crippen LogP contribution in [0.5, 0.6) is 0 Å². The number of halogens is 1. The van der Waals surface area contributed by atoms with Crippen LogP contribution in [0.3, 0.4) is 0 Å². The normalized spacial score (nSPS) is 15.2. The van der Waals surface area contributed by atoms with Gasteiger partial charge in [-0.1, -0.05) is 22.0 Å². The van der Waals surface area contributed by atoms with Crippen molar-refractivity contribution in [1.82, 2.24) is 14.8 Å². The minimum Gasteiger partial charge on any atom is -0.445 e. The molecule has 1 aliphatic rings. The van der Waals surface area contributed by atoms with Crippen molar-refractivity contribution in [3.05, 3.63) is 51.6 Å². The highest BCUT2D eigenvalue weighted by Crippen LogP contribution is 2.30. The van der Waals surface area contributed by atoms with Crippen molar-refractivity contribution in [2.24, 2.45) is 0 Å². The van der Waals surface area contributed by atoms with Gasteiger partial charge in [-0.15, -0.1) is 0 Å². The quantitative estimate of drug-likeness (QED) is 0.763. The van der Waals surface area contributed by atoms with Crippen molar-refractivity contribution in [3.8, 4) is 0 Å². The average molecular weight is 420 g/mol. The second kappa shape index (κ2) is 7.61. The van der Waals surface area contributed by atoms with Gasteiger partial charge in [0.1, 0.15) is 5.76 Å². The summed E-state index contributed by atoms with van der Waals surface area (Å²) in [6.45, 7) is 3.06. The third-order valence-corrected chi connectivity index (χ3v) is 5.12. The Labute approximate surface area is 161 Å². The number of hydrogen-bond donors (Lipinski definition) is 0. The van der Waals surface area contributed by atoms with E-state index in [0.29, 0.717) is 36.0 Å². The standard InChI is InChI=1S/C19H22BrN3O3/c1-12-16(19(25)22(2)3)21-17(26-12)13-7-9-23(10-8-13)18(24)14-5-4-6-15(20)11-14/h4-6,11,13H,7-10H2,1-3H3. The molecule has 1 aromatic heterocycles. The molecule has 6 nitrogen and oxygen atoms in total. The van der Waals surface area contributed by atoms with E-state index in [4.69, 9.17) is 4.42 Å². The number of likely N-dealkylation sites (tertiary alicyclic amines) is 1. The minimum absolute atomic E-state index is 0.0387. The number of rotatable bonds is 3. The number of carbonyl (C=O) groups is 2. The fourth-order valence-corrected chi connectivity index (χ4v) is 3.53. The molecule has 2 heterocycles. The van der Waals surface area contributed by atoms with Gasteiger partial charge in [0.25, 0.3) is 11.8 Å². The molecule has 0 unspecified atom stereocenters. The molecule has 0 atom stereocenters. The summed E-state index contributed by atoms with van der Waals surface area (Å²) < 4.78 is 6.65. The van der Waals surface area contributed by atoms with Crippen LogP contribution in [-0.2, 0) is 0 Å². The van der Waals surface area contributed by atoms with E-state index in [1.165, 1.54) is 4.90 Å². The number of amides is 2. The van der Waals surface area contributed by atoms with Crippen molar-refractivity contribution in [2.45, 2.75) is 25.7 Å². The Balaban J connectivity index is 1.66. The number of nitrogens with zero attached hydrogens (tertiary/aromatic N) is 3. The van der Waals surface area contributed by atoms with Crippen molar-refractivity contribution >= 4 is 27.7 Å². The van der Waals surface area contributed by atoms with Crippen molar-refractivity contribution in [1.29, 1.82) is 0 Å². The third-order valence-electron chi connectivity index (χ3n) is 4.62. The molecule has 0 saturated carbocycles. The molecule has 1 saturated heterocycles. The van der Waals surface area contributed by atoms with Crippen LogP contribution in [0.2, 0.25) is 0 Å². The van der Waals surface area contributed by atoms with Crippen molar-refractivity contribution in [3.63, 3.8) is 0 Å². The number of aryl methyl sites for hydroxylation is 1. The first kappa shape index (κ1) is 18.6. The highest BCUT2D eigenvalue weighted by molar-refractivity contribution is 9.10. The summed E-state index contributed by atoms with van der Waals surface area (Å²) >= 11 is 3.40. The molecular formula is C19H22BrN3O3. The molecule has 1 aliphatic heterocycles.